The number of allylic oxidation sites excluding steroid dienone is 1. The molecule has 0 bridgehead atoms. The fourth-order valence-electron chi connectivity index (χ4n) is 7.76. The third kappa shape index (κ3) is 2.81. The minimum Gasteiger partial charge on any atom is -0.481 e. The van der Waals surface area contributed by atoms with Crippen molar-refractivity contribution in [3.05, 3.63) is 11.6 Å². The van der Waals surface area contributed by atoms with Gasteiger partial charge in [-0.25, -0.2) is 0 Å². The van der Waals surface area contributed by atoms with E-state index in [4.69, 9.17) is 5.11 Å². The van der Waals surface area contributed by atoms with Crippen LogP contribution in [0.15, 0.2) is 11.6 Å². The molecule has 28 heavy (non-hydrogen) atoms. The van der Waals surface area contributed by atoms with Gasteiger partial charge in [0.25, 0.3) is 0 Å². The minimum absolute atomic E-state index is 0.0147. The number of carboxylic acid groups (broad SMARTS) is 1. The van der Waals surface area contributed by atoms with E-state index in [2.05, 4.69) is 20.8 Å². The molecule has 0 aromatic rings. The second kappa shape index (κ2) is 6.81. The summed E-state index contributed by atoms with van der Waals surface area (Å²) in [5.41, 5.74) is 1.02. The van der Waals surface area contributed by atoms with Crippen LogP contribution < -0.4 is 0 Å². The monoisotopic (exact) mass is 386 g/mol. The van der Waals surface area contributed by atoms with E-state index in [0.717, 1.165) is 32.1 Å². The molecule has 4 heteroatoms. The first kappa shape index (κ1) is 19.8. The lowest BCUT2D eigenvalue weighted by atomic mass is 9.46. The summed E-state index contributed by atoms with van der Waals surface area (Å²) in [6, 6.07) is 0. The van der Waals surface area contributed by atoms with Gasteiger partial charge in [-0.3, -0.25) is 14.4 Å². The van der Waals surface area contributed by atoms with Gasteiger partial charge in [0.2, 0.25) is 0 Å². The predicted octanol–water partition coefficient (Wildman–Crippen LogP) is 4.81. The molecule has 3 fully saturated rings. The second-order valence-corrected chi connectivity index (χ2v) is 10.5. The minimum atomic E-state index is -0.743. The van der Waals surface area contributed by atoms with E-state index in [1.54, 1.807) is 0 Å². The molecule has 0 heterocycles. The highest BCUT2D eigenvalue weighted by Crippen LogP contribution is 2.66. The maximum Gasteiger partial charge on any atom is 0.303 e. The van der Waals surface area contributed by atoms with E-state index >= 15 is 0 Å². The quantitative estimate of drug-likeness (QED) is 0.752. The van der Waals surface area contributed by atoms with Crippen molar-refractivity contribution < 1.29 is 19.5 Å². The van der Waals surface area contributed by atoms with Crippen molar-refractivity contribution >= 4 is 17.5 Å². The fraction of sp³-hybridized carbons (Fsp3) is 0.792. The molecule has 3 saturated carbocycles. The van der Waals surface area contributed by atoms with Gasteiger partial charge in [-0.05, 0) is 79.6 Å². The number of Topliss-reactive ketones (excluding diaryl/α,β-unsaturated/α-hetero) is 1. The molecule has 4 nitrogen and oxygen atoms in total. The van der Waals surface area contributed by atoms with Crippen LogP contribution in [0.5, 0.6) is 0 Å². The molecule has 0 spiro atoms. The summed E-state index contributed by atoms with van der Waals surface area (Å²) in [4.78, 5) is 36.6. The highest BCUT2D eigenvalue weighted by Gasteiger charge is 2.63. The van der Waals surface area contributed by atoms with E-state index < -0.39 is 5.97 Å². The average molecular weight is 387 g/mol. The highest BCUT2D eigenvalue weighted by molar-refractivity contribution is 5.92. The number of hydrogen-bond donors (Lipinski definition) is 1. The molecule has 7 atom stereocenters. The van der Waals surface area contributed by atoms with Crippen LogP contribution in [-0.2, 0) is 14.4 Å². The number of rotatable bonds is 4. The Morgan fingerprint density at radius 3 is 2.64 bits per heavy atom. The summed E-state index contributed by atoms with van der Waals surface area (Å²) in [5, 5.41) is 9.07. The molecule has 0 unspecified atom stereocenters. The van der Waals surface area contributed by atoms with Crippen LogP contribution in [-0.4, -0.2) is 22.6 Å². The Kier molecular flexibility index (Phi) is 4.83. The molecule has 0 aromatic heterocycles. The number of ketones is 2. The fourth-order valence-corrected chi connectivity index (χ4v) is 7.76. The van der Waals surface area contributed by atoms with Crippen molar-refractivity contribution in [2.75, 3.05) is 0 Å². The Labute approximate surface area is 168 Å². The summed E-state index contributed by atoms with van der Waals surface area (Å²) < 4.78 is 0. The SMILES string of the molecule is C[C@@H](CCC(=O)O)[C@H]1CC[C@H]2[C@@H]3CCC4=CC(=O)CC[C@]4(C)[C@H]3CC(=O)[C@]12C. The zero-order chi connectivity index (χ0) is 20.3. The van der Waals surface area contributed by atoms with Gasteiger partial charge < -0.3 is 5.11 Å². The largest absolute Gasteiger partial charge is 0.481 e. The Hall–Kier alpha value is -1.45. The van der Waals surface area contributed by atoms with Crippen molar-refractivity contribution in [1.82, 2.24) is 0 Å². The number of aliphatic carboxylic acids is 1. The van der Waals surface area contributed by atoms with Gasteiger partial charge in [-0.2, -0.15) is 0 Å². The molecule has 0 radical (unpaired) electrons. The van der Waals surface area contributed by atoms with Gasteiger partial charge in [-0.15, -0.1) is 0 Å². The molecule has 4 aliphatic rings. The van der Waals surface area contributed by atoms with Crippen LogP contribution in [0.2, 0.25) is 0 Å². The first-order valence-corrected chi connectivity index (χ1v) is 11.2. The van der Waals surface area contributed by atoms with Crippen LogP contribution in [0, 0.1) is 40.4 Å². The summed E-state index contributed by atoms with van der Waals surface area (Å²) >= 11 is 0. The van der Waals surface area contributed by atoms with Gasteiger partial charge in [-0.1, -0.05) is 26.3 Å². The topological polar surface area (TPSA) is 71.4 Å². The first-order valence-electron chi connectivity index (χ1n) is 11.2. The smallest absolute Gasteiger partial charge is 0.303 e. The molecule has 0 amide bonds. The Morgan fingerprint density at radius 2 is 1.93 bits per heavy atom. The van der Waals surface area contributed by atoms with Crippen LogP contribution in [0.3, 0.4) is 0 Å². The van der Waals surface area contributed by atoms with Crippen molar-refractivity contribution in [3.63, 3.8) is 0 Å². The summed E-state index contributed by atoms with van der Waals surface area (Å²) in [6.07, 6.45) is 9.16. The summed E-state index contributed by atoms with van der Waals surface area (Å²) in [5.74, 6) is 1.86. The lowest BCUT2D eigenvalue weighted by molar-refractivity contribution is -0.148. The highest BCUT2D eigenvalue weighted by atomic mass is 16.4. The van der Waals surface area contributed by atoms with Gasteiger partial charge in [0.1, 0.15) is 5.78 Å². The maximum absolute atomic E-state index is 13.6. The molecule has 4 aliphatic carbocycles. The molecular formula is C24H34O4. The van der Waals surface area contributed by atoms with Gasteiger partial charge >= 0.3 is 5.97 Å². The normalized spacial score (nSPS) is 43.6. The van der Waals surface area contributed by atoms with Gasteiger partial charge in [0, 0.05) is 24.7 Å². The van der Waals surface area contributed by atoms with E-state index in [1.165, 1.54) is 5.57 Å². The van der Waals surface area contributed by atoms with Crippen molar-refractivity contribution in [1.29, 1.82) is 0 Å². The zero-order valence-electron chi connectivity index (χ0n) is 17.5. The third-order valence-corrected chi connectivity index (χ3v) is 9.39. The molecule has 0 aliphatic heterocycles. The zero-order valence-corrected chi connectivity index (χ0v) is 17.5. The lowest BCUT2D eigenvalue weighted by Crippen LogP contribution is -2.55. The van der Waals surface area contributed by atoms with Gasteiger partial charge in [0.15, 0.2) is 5.78 Å². The molecule has 0 saturated heterocycles. The van der Waals surface area contributed by atoms with E-state index in [0.29, 0.717) is 48.7 Å². The summed E-state index contributed by atoms with van der Waals surface area (Å²) in [7, 11) is 0. The van der Waals surface area contributed by atoms with Crippen LogP contribution in [0.4, 0.5) is 0 Å². The van der Waals surface area contributed by atoms with E-state index in [9.17, 15) is 14.4 Å². The second-order valence-electron chi connectivity index (χ2n) is 10.5. The van der Waals surface area contributed by atoms with Crippen LogP contribution in [0.25, 0.3) is 0 Å². The maximum atomic E-state index is 13.6. The average Bonchev–Trinajstić information content (AvgIpc) is 3.00. The molecule has 1 N–H and O–H groups in total. The van der Waals surface area contributed by atoms with Crippen LogP contribution in [0.1, 0.15) is 78.6 Å². The van der Waals surface area contributed by atoms with Crippen molar-refractivity contribution in [2.24, 2.45) is 40.4 Å². The van der Waals surface area contributed by atoms with Crippen molar-refractivity contribution in [2.45, 2.75) is 78.6 Å². The number of carbonyl (C=O) groups is 3. The number of fused-ring (bicyclic) bond motifs is 5. The number of carbonyl (C=O) groups excluding carboxylic acids is 2. The number of carboxylic acids is 1. The predicted molar refractivity (Wildman–Crippen MR) is 107 cm³/mol. The molecular weight excluding hydrogens is 352 g/mol. The van der Waals surface area contributed by atoms with Gasteiger partial charge in [0.05, 0.1) is 0 Å². The molecule has 4 rings (SSSR count). The molecule has 154 valence electrons. The van der Waals surface area contributed by atoms with Crippen LogP contribution >= 0.6 is 0 Å². The lowest BCUT2D eigenvalue weighted by Gasteiger charge is -2.57. The Bertz CT molecular complexity index is 737. The Balaban J connectivity index is 1.61. The summed E-state index contributed by atoms with van der Waals surface area (Å²) in [6.45, 7) is 6.65. The first-order chi connectivity index (χ1) is 13.2. The molecule has 0 aromatic carbocycles. The van der Waals surface area contributed by atoms with E-state index in [-0.39, 0.29) is 29.0 Å². The van der Waals surface area contributed by atoms with E-state index in [1.807, 2.05) is 6.08 Å². The third-order valence-electron chi connectivity index (χ3n) is 9.39. The Morgan fingerprint density at radius 1 is 1.18 bits per heavy atom. The number of hydrogen-bond acceptors (Lipinski definition) is 3. The van der Waals surface area contributed by atoms with Crippen molar-refractivity contribution in [3.8, 4) is 0 Å². The standard InChI is InChI=1S/C24H34O4/c1-14(4-9-22(27)28)18-7-8-19-17-6-5-15-12-16(25)10-11-23(15,2)20(17)13-21(26)24(18,19)3/h12,14,17-20H,4-11,13H2,1-3H3,(H,27,28)/t14-,17-,18+,19-,20-,23-,24+/m0/s1.